The van der Waals surface area contributed by atoms with Gasteiger partial charge in [-0.3, -0.25) is 9.59 Å². The topological polar surface area (TPSA) is 107 Å². The number of methoxy groups -OCH3 is 1. The number of aryl methyl sites for hydroxylation is 1. The molecule has 5 N–H and O–H groups in total. The fraction of sp³-hybridized carbons (Fsp3) is 0.364. The number of hydrogen-bond acceptors (Lipinski definition) is 5. The molecule has 0 aromatic heterocycles. The van der Waals surface area contributed by atoms with Crippen molar-refractivity contribution in [1.82, 2.24) is 5.32 Å². The summed E-state index contributed by atoms with van der Waals surface area (Å²) in [6, 6.07) is 7.37. The Bertz CT molecular complexity index is 914. The lowest BCUT2D eigenvalue weighted by Crippen LogP contribution is -2.34. The first-order chi connectivity index (χ1) is 13.7. The third-order valence-electron chi connectivity index (χ3n) is 4.89. The van der Waals surface area contributed by atoms with Gasteiger partial charge in [0.1, 0.15) is 17.1 Å². The highest BCUT2D eigenvalue weighted by Gasteiger charge is 2.26. The molecule has 1 unspecified atom stereocenters. The number of nitrogens with one attached hydrogen (secondary N) is 1. The van der Waals surface area contributed by atoms with Crippen LogP contribution in [0.1, 0.15) is 59.8 Å². The van der Waals surface area contributed by atoms with E-state index in [4.69, 9.17) is 16.2 Å². The lowest BCUT2D eigenvalue weighted by atomic mass is 9.94. The predicted molar refractivity (Wildman–Crippen MR) is 111 cm³/mol. The van der Waals surface area contributed by atoms with Crippen molar-refractivity contribution in [3.63, 3.8) is 0 Å². The van der Waals surface area contributed by atoms with E-state index in [0.717, 1.165) is 5.56 Å². The molecule has 2 aromatic rings. The fourth-order valence-electron chi connectivity index (χ4n) is 3.32. The second kappa shape index (κ2) is 9.52. The van der Waals surface area contributed by atoms with Gasteiger partial charge < -0.3 is 21.5 Å². The number of nitrogens with two attached hydrogens (primary N) is 2. The molecule has 0 saturated heterocycles. The van der Waals surface area contributed by atoms with Crippen molar-refractivity contribution in [1.29, 1.82) is 0 Å². The van der Waals surface area contributed by atoms with E-state index in [-0.39, 0.29) is 23.8 Å². The molecular formula is C22H28FN3O3. The number of amides is 1. The van der Waals surface area contributed by atoms with Gasteiger partial charge in [-0.15, -0.1) is 0 Å². The van der Waals surface area contributed by atoms with Crippen LogP contribution in [0.3, 0.4) is 0 Å². The highest BCUT2D eigenvalue weighted by atomic mass is 19.1. The van der Waals surface area contributed by atoms with E-state index < -0.39 is 23.5 Å². The number of primary amides is 1. The summed E-state index contributed by atoms with van der Waals surface area (Å²) in [5.74, 6) is -1.41. The molecule has 0 saturated carbocycles. The normalized spacial score (nSPS) is 13.0. The molecule has 2 atom stereocenters. The average Bonchev–Trinajstić information content (AvgIpc) is 2.67. The Morgan fingerprint density at radius 1 is 1.24 bits per heavy atom. The first kappa shape index (κ1) is 22.4. The number of carbonyl (C=O) groups is 2. The third-order valence-corrected chi connectivity index (χ3v) is 4.89. The van der Waals surface area contributed by atoms with Crippen LogP contribution in [-0.2, 0) is 4.79 Å². The van der Waals surface area contributed by atoms with E-state index in [0.29, 0.717) is 23.2 Å². The standard InChI is InChI=1S/C22H28FN3O3/c1-5-17(26-13(3)11-19(25)27)15-7-9-18(29-4)20(21(15)23)22(28)14-6-8-16(24)12(2)10-14/h6-10,13,17,26H,5,11,24H2,1-4H3,(H2,25,27)/t13-,17?/m0/s1. The Morgan fingerprint density at radius 3 is 2.48 bits per heavy atom. The zero-order valence-electron chi connectivity index (χ0n) is 17.2. The van der Waals surface area contributed by atoms with Gasteiger partial charge in [0.05, 0.1) is 7.11 Å². The largest absolute Gasteiger partial charge is 0.496 e. The first-order valence-electron chi connectivity index (χ1n) is 9.51. The second-order valence-electron chi connectivity index (χ2n) is 7.15. The third kappa shape index (κ3) is 5.12. The van der Waals surface area contributed by atoms with Crippen LogP contribution < -0.4 is 21.5 Å². The molecule has 0 heterocycles. The van der Waals surface area contributed by atoms with E-state index in [1.54, 1.807) is 44.2 Å². The lowest BCUT2D eigenvalue weighted by molar-refractivity contribution is -0.118. The molecule has 0 bridgehead atoms. The van der Waals surface area contributed by atoms with E-state index >= 15 is 4.39 Å². The van der Waals surface area contributed by atoms with Crippen molar-refractivity contribution < 1.29 is 18.7 Å². The van der Waals surface area contributed by atoms with E-state index in [1.807, 2.05) is 6.92 Å². The van der Waals surface area contributed by atoms with Crippen LogP contribution in [0.4, 0.5) is 10.1 Å². The van der Waals surface area contributed by atoms with Crippen molar-refractivity contribution in [3.05, 3.63) is 58.4 Å². The number of ether oxygens (including phenoxy) is 1. The Hall–Kier alpha value is -2.93. The van der Waals surface area contributed by atoms with Gasteiger partial charge in [-0.25, -0.2) is 4.39 Å². The molecule has 0 fully saturated rings. The van der Waals surface area contributed by atoms with Gasteiger partial charge in [0, 0.05) is 35.3 Å². The molecule has 29 heavy (non-hydrogen) atoms. The van der Waals surface area contributed by atoms with Gasteiger partial charge >= 0.3 is 0 Å². The second-order valence-corrected chi connectivity index (χ2v) is 7.15. The minimum Gasteiger partial charge on any atom is -0.496 e. The Morgan fingerprint density at radius 2 is 1.93 bits per heavy atom. The quantitative estimate of drug-likeness (QED) is 0.442. The molecule has 6 nitrogen and oxygen atoms in total. The van der Waals surface area contributed by atoms with Crippen LogP contribution in [0.5, 0.6) is 5.75 Å². The van der Waals surface area contributed by atoms with Crippen molar-refractivity contribution in [2.24, 2.45) is 5.73 Å². The van der Waals surface area contributed by atoms with Gasteiger partial charge in [-0.05, 0) is 50.1 Å². The number of halogens is 1. The molecule has 2 rings (SSSR count). The van der Waals surface area contributed by atoms with Gasteiger partial charge in [-0.2, -0.15) is 0 Å². The average molecular weight is 401 g/mol. The maximum Gasteiger partial charge on any atom is 0.218 e. The van der Waals surface area contributed by atoms with E-state index in [9.17, 15) is 9.59 Å². The lowest BCUT2D eigenvalue weighted by Gasteiger charge is -2.24. The van der Waals surface area contributed by atoms with Crippen molar-refractivity contribution in [2.75, 3.05) is 12.8 Å². The number of ketones is 1. The Kier molecular flexibility index (Phi) is 7.34. The summed E-state index contributed by atoms with van der Waals surface area (Å²) in [6.45, 7) is 5.48. The summed E-state index contributed by atoms with van der Waals surface area (Å²) in [7, 11) is 1.39. The summed E-state index contributed by atoms with van der Waals surface area (Å²) in [6.07, 6.45) is 0.686. The summed E-state index contributed by atoms with van der Waals surface area (Å²) < 4.78 is 20.8. The molecule has 0 radical (unpaired) electrons. The van der Waals surface area contributed by atoms with Crippen molar-refractivity contribution in [3.8, 4) is 5.75 Å². The highest BCUT2D eigenvalue weighted by Crippen LogP contribution is 2.32. The molecule has 2 aromatic carbocycles. The van der Waals surface area contributed by atoms with Crippen molar-refractivity contribution >= 4 is 17.4 Å². The number of hydrogen-bond donors (Lipinski definition) is 3. The van der Waals surface area contributed by atoms with E-state index in [2.05, 4.69) is 5.32 Å². The molecule has 1 amide bonds. The van der Waals surface area contributed by atoms with Crippen LogP contribution in [0, 0.1) is 12.7 Å². The zero-order valence-corrected chi connectivity index (χ0v) is 17.2. The molecule has 7 heteroatoms. The number of carbonyl (C=O) groups excluding carboxylic acids is 2. The van der Waals surface area contributed by atoms with Crippen LogP contribution in [0.15, 0.2) is 30.3 Å². The van der Waals surface area contributed by atoms with Crippen LogP contribution in [0.25, 0.3) is 0 Å². The van der Waals surface area contributed by atoms with E-state index in [1.165, 1.54) is 7.11 Å². The molecule has 156 valence electrons. The smallest absolute Gasteiger partial charge is 0.218 e. The minimum absolute atomic E-state index is 0.128. The predicted octanol–water partition coefficient (Wildman–Crippen LogP) is 3.26. The monoisotopic (exact) mass is 401 g/mol. The number of anilines is 1. The molecule has 0 aliphatic heterocycles. The Balaban J connectivity index is 2.48. The molecule has 0 spiro atoms. The zero-order chi connectivity index (χ0) is 21.7. The number of rotatable bonds is 9. The maximum atomic E-state index is 15.5. The molecule has 0 aliphatic carbocycles. The van der Waals surface area contributed by atoms with Crippen LogP contribution >= 0.6 is 0 Å². The van der Waals surface area contributed by atoms with Crippen LogP contribution in [0.2, 0.25) is 0 Å². The van der Waals surface area contributed by atoms with Gasteiger partial charge in [0.15, 0.2) is 5.78 Å². The summed E-state index contributed by atoms with van der Waals surface area (Å²) in [5, 5.41) is 3.21. The number of nitrogen functional groups attached to an aromatic ring is 1. The minimum atomic E-state index is -0.644. The van der Waals surface area contributed by atoms with Gasteiger partial charge in [-0.1, -0.05) is 13.0 Å². The van der Waals surface area contributed by atoms with Crippen LogP contribution in [-0.4, -0.2) is 24.8 Å². The SMILES string of the molecule is CCC(N[C@@H](C)CC(N)=O)c1ccc(OC)c(C(=O)c2ccc(N)c(C)c2)c1F. The van der Waals surface area contributed by atoms with Crippen molar-refractivity contribution in [2.45, 2.75) is 45.7 Å². The van der Waals surface area contributed by atoms with Gasteiger partial charge in [0.25, 0.3) is 0 Å². The molecule has 0 aliphatic rings. The first-order valence-corrected chi connectivity index (χ1v) is 9.51. The number of benzene rings is 2. The summed E-state index contributed by atoms with van der Waals surface area (Å²) in [4.78, 5) is 24.3. The summed E-state index contributed by atoms with van der Waals surface area (Å²) >= 11 is 0. The van der Waals surface area contributed by atoms with Gasteiger partial charge in [0.2, 0.25) is 5.91 Å². The maximum absolute atomic E-state index is 15.5. The Labute approximate surface area is 170 Å². The summed E-state index contributed by atoms with van der Waals surface area (Å²) in [5.41, 5.74) is 12.9. The molecular weight excluding hydrogens is 373 g/mol. The highest BCUT2D eigenvalue weighted by molar-refractivity contribution is 6.11. The fourth-order valence-corrected chi connectivity index (χ4v) is 3.32.